The van der Waals surface area contributed by atoms with Crippen LogP contribution in [0.5, 0.6) is 0 Å². The van der Waals surface area contributed by atoms with E-state index in [1.54, 1.807) is 6.20 Å². The van der Waals surface area contributed by atoms with E-state index in [9.17, 15) is 5.21 Å². The van der Waals surface area contributed by atoms with Crippen LogP contribution in [-0.2, 0) is 6.42 Å². The second kappa shape index (κ2) is 3.93. The molecule has 0 saturated heterocycles. The second-order valence-corrected chi connectivity index (χ2v) is 4.91. The molecule has 0 spiro atoms. The number of rotatable bonds is 1. The highest BCUT2D eigenvalue weighted by atomic mass is 16.5. The van der Waals surface area contributed by atoms with Crippen LogP contribution in [0.2, 0.25) is 0 Å². The van der Waals surface area contributed by atoms with Gasteiger partial charge in [0.1, 0.15) is 0 Å². The topological polar surface area (TPSA) is 24.1 Å². The Bertz CT molecular complexity index is 430. The molecule has 0 aromatic carbocycles. The summed E-state index contributed by atoms with van der Waals surface area (Å²) in [5.74, 6) is 0.734. The normalized spacial score (nSPS) is 20.6. The van der Waals surface area contributed by atoms with Gasteiger partial charge in [0.15, 0.2) is 0 Å². The van der Waals surface area contributed by atoms with Gasteiger partial charge in [0.05, 0.1) is 12.0 Å². The van der Waals surface area contributed by atoms with Gasteiger partial charge in [-0.05, 0) is 30.4 Å². The van der Waals surface area contributed by atoms with Crippen molar-refractivity contribution in [2.45, 2.75) is 38.5 Å². The first kappa shape index (κ1) is 9.88. The quantitative estimate of drug-likeness (QED) is 0.566. The Morgan fingerprint density at radius 3 is 2.81 bits per heavy atom. The van der Waals surface area contributed by atoms with Crippen LogP contribution >= 0.6 is 0 Å². The highest BCUT2D eigenvalue weighted by Gasteiger charge is 2.29. The van der Waals surface area contributed by atoms with Crippen molar-refractivity contribution in [3.8, 4) is 0 Å². The lowest BCUT2D eigenvalue weighted by Gasteiger charge is -2.22. The van der Waals surface area contributed by atoms with Gasteiger partial charge in [0.2, 0.25) is 11.9 Å². The van der Waals surface area contributed by atoms with Gasteiger partial charge in [-0.1, -0.05) is 25.3 Å². The summed E-state index contributed by atoms with van der Waals surface area (Å²) in [6.07, 6.45) is 11.7. The van der Waals surface area contributed by atoms with Crippen LogP contribution in [0.3, 0.4) is 0 Å². The average Bonchev–Trinajstić information content (AvgIpc) is 2.75. The lowest BCUT2D eigenvalue weighted by atomic mass is 9.82. The Morgan fingerprint density at radius 2 is 2.00 bits per heavy atom. The third-order valence-electron chi connectivity index (χ3n) is 3.95. The number of pyridine rings is 1. The van der Waals surface area contributed by atoms with Crippen LogP contribution in [0.25, 0.3) is 5.57 Å². The monoisotopic (exact) mass is 216 g/mol. The molecule has 2 aliphatic rings. The van der Waals surface area contributed by atoms with Crippen LogP contribution < -0.4 is 4.73 Å². The fraction of sp³-hybridized carbons (Fsp3) is 0.500. The van der Waals surface area contributed by atoms with Crippen molar-refractivity contribution >= 4 is 5.57 Å². The maximum atomic E-state index is 9.73. The summed E-state index contributed by atoms with van der Waals surface area (Å²) in [5.41, 5.74) is 3.82. The first-order valence-electron chi connectivity index (χ1n) is 6.29. The Hall–Kier alpha value is -1.31. The van der Waals surface area contributed by atoms with E-state index in [1.165, 1.54) is 48.0 Å². The number of allylic oxidation sites excluding steroid dienone is 2. The van der Waals surface area contributed by atoms with E-state index in [0.717, 1.165) is 18.0 Å². The summed E-state index contributed by atoms with van der Waals surface area (Å²) in [6.45, 7) is 0. The summed E-state index contributed by atoms with van der Waals surface area (Å²) in [6, 6.07) is 4.08. The van der Waals surface area contributed by atoms with Crippen LogP contribution in [0.1, 0.15) is 43.4 Å². The summed E-state index contributed by atoms with van der Waals surface area (Å²) >= 11 is 0. The van der Waals surface area contributed by atoms with Gasteiger partial charge in [0, 0.05) is 10.8 Å². The predicted molar refractivity (Wildman–Crippen MR) is 62.1 cm³/mol. The highest BCUT2D eigenvalue weighted by molar-refractivity contribution is 5.72. The molecule has 0 unspecified atom stereocenters. The molecule has 2 heteroatoms. The molecule has 0 aliphatic heterocycles. The minimum atomic E-state index is 0.734. The average molecular weight is 216 g/mol. The number of aromatic nitrogens is 1. The Kier molecular flexibility index (Phi) is 2.43. The van der Waals surface area contributed by atoms with Crippen molar-refractivity contribution in [1.82, 2.24) is 0 Å². The van der Waals surface area contributed by atoms with Crippen molar-refractivity contribution in [3.05, 3.63) is 35.7 Å². The first-order chi connectivity index (χ1) is 7.86. The van der Waals surface area contributed by atoms with Crippen LogP contribution in [0, 0.1) is 5.92 Å². The predicted octanol–water partition coefficient (Wildman–Crippen LogP) is 2.73. The van der Waals surface area contributed by atoms with E-state index in [4.69, 9.17) is 0 Å². The van der Waals surface area contributed by atoms with E-state index in [0.29, 0.717) is 0 Å². The van der Waals surface area contributed by atoms with Gasteiger partial charge in [-0.25, -0.2) is 0 Å². The molecule has 1 N–H and O–H groups in total. The summed E-state index contributed by atoms with van der Waals surface area (Å²) in [4.78, 5) is 0. The summed E-state index contributed by atoms with van der Waals surface area (Å²) in [5, 5.41) is 9.73. The second-order valence-electron chi connectivity index (χ2n) is 4.91. The molecule has 0 radical (unpaired) electrons. The van der Waals surface area contributed by atoms with E-state index >= 15 is 0 Å². The fourth-order valence-corrected chi connectivity index (χ4v) is 3.11. The lowest BCUT2D eigenvalue weighted by molar-refractivity contribution is -0.909. The fourth-order valence-electron chi connectivity index (χ4n) is 3.11. The number of nitrogens with zero attached hydrogens (tertiary/aromatic N) is 1. The molecular weight excluding hydrogens is 198 g/mol. The molecule has 2 nitrogen and oxygen atoms in total. The number of hydrogen-bond acceptors (Lipinski definition) is 1. The molecule has 16 heavy (non-hydrogen) atoms. The largest absolute Gasteiger partial charge is 0.285 e. The Balaban J connectivity index is 1.92. The Morgan fingerprint density at radius 1 is 1.19 bits per heavy atom. The van der Waals surface area contributed by atoms with Crippen molar-refractivity contribution < 1.29 is 9.94 Å². The van der Waals surface area contributed by atoms with E-state index < -0.39 is 0 Å². The van der Waals surface area contributed by atoms with Gasteiger partial charge in [-0.2, -0.15) is 0 Å². The summed E-state index contributed by atoms with van der Waals surface area (Å²) in [7, 11) is 0. The minimum Gasteiger partial charge on any atom is -0.285 e. The minimum absolute atomic E-state index is 0.734. The molecule has 0 atom stereocenters. The van der Waals surface area contributed by atoms with E-state index in [-0.39, 0.29) is 0 Å². The van der Waals surface area contributed by atoms with Gasteiger partial charge < -0.3 is 0 Å². The first-order valence-corrected chi connectivity index (χ1v) is 6.29. The molecule has 2 aliphatic carbocycles. The molecule has 1 aromatic heterocycles. The molecule has 1 aromatic rings. The maximum Gasteiger partial charge on any atom is 0.245 e. The van der Waals surface area contributed by atoms with Crippen molar-refractivity contribution in [3.63, 3.8) is 0 Å². The molecule has 84 valence electrons. The zero-order valence-electron chi connectivity index (χ0n) is 9.52. The third-order valence-corrected chi connectivity index (χ3v) is 3.95. The van der Waals surface area contributed by atoms with Crippen molar-refractivity contribution in [2.75, 3.05) is 0 Å². The molecule has 1 heterocycles. The van der Waals surface area contributed by atoms with Gasteiger partial charge in [-0.3, -0.25) is 5.21 Å². The van der Waals surface area contributed by atoms with Crippen molar-refractivity contribution in [2.24, 2.45) is 5.92 Å². The van der Waals surface area contributed by atoms with Gasteiger partial charge in [0.25, 0.3) is 0 Å². The van der Waals surface area contributed by atoms with Crippen molar-refractivity contribution in [1.29, 1.82) is 0 Å². The van der Waals surface area contributed by atoms with E-state index in [1.807, 2.05) is 6.07 Å². The molecular formula is C14H18NO+. The number of hydrogen-bond donors (Lipinski definition) is 1. The summed E-state index contributed by atoms with van der Waals surface area (Å²) < 4.78 is 1.28. The van der Waals surface area contributed by atoms with Crippen LogP contribution in [0.15, 0.2) is 24.4 Å². The zero-order chi connectivity index (χ0) is 11.0. The molecule has 1 saturated carbocycles. The molecule has 1 fully saturated rings. The van der Waals surface area contributed by atoms with Gasteiger partial charge >= 0.3 is 0 Å². The zero-order valence-corrected chi connectivity index (χ0v) is 9.52. The van der Waals surface area contributed by atoms with Crippen LogP contribution in [-0.4, -0.2) is 5.21 Å². The third kappa shape index (κ3) is 1.53. The Labute approximate surface area is 96.2 Å². The maximum absolute atomic E-state index is 9.73. The standard InChI is InChI=1S/C14H18NO/c16-15-10-4-7-13-12(8-9-14(13)15)11-5-2-1-3-6-11/h4,7-8,10-11,16H,1-3,5-6,9H2/q+1. The molecule has 0 bridgehead atoms. The van der Waals surface area contributed by atoms with E-state index in [2.05, 4.69) is 12.1 Å². The number of fused-ring (bicyclic) bond motifs is 1. The smallest absolute Gasteiger partial charge is 0.245 e. The molecule has 0 amide bonds. The SMILES string of the molecule is O[n+]1cccc2c1CC=C2C1CCCCC1. The van der Waals surface area contributed by atoms with Crippen LogP contribution in [0.4, 0.5) is 0 Å². The van der Waals surface area contributed by atoms with Gasteiger partial charge in [-0.15, -0.1) is 0 Å². The highest BCUT2D eigenvalue weighted by Crippen LogP contribution is 2.38. The lowest BCUT2D eigenvalue weighted by Crippen LogP contribution is -2.34. The molecule has 3 rings (SSSR count).